The van der Waals surface area contributed by atoms with Crippen LogP contribution < -0.4 is 0 Å². The van der Waals surface area contributed by atoms with Crippen molar-refractivity contribution in [3.63, 3.8) is 0 Å². The van der Waals surface area contributed by atoms with Crippen LogP contribution in [0.3, 0.4) is 0 Å². The van der Waals surface area contributed by atoms with Crippen LogP contribution in [0, 0.1) is 27.7 Å². The van der Waals surface area contributed by atoms with Gasteiger partial charge in [0.1, 0.15) is 0 Å². The Kier molecular flexibility index (Phi) is 6.24. The van der Waals surface area contributed by atoms with E-state index in [1.807, 2.05) is 38.1 Å². The highest BCUT2D eigenvalue weighted by Crippen LogP contribution is 2.34. The van der Waals surface area contributed by atoms with Crippen LogP contribution in [0.5, 0.6) is 0 Å². The Bertz CT molecular complexity index is 1330. The van der Waals surface area contributed by atoms with Gasteiger partial charge in [0.05, 0.1) is 24.8 Å². The SMILES string of the molecule is COC(=O)C1=C(C)N(Cc2cccnc2)C(=O)/C1=C\c1cc(C)n(-c2cc(C)cc(C)c2)c1C. The Hall–Kier alpha value is -3.93. The zero-order valence-electron chi connectivity index (χ0n) is 20.5. The Balaban J connectivity index is 1.80. The van der Waals surface area contributed by atoms with Crippen molar-refractivity contribution in [2.45, 2.75) is 41.2 Å². The number of hydrogen-bond acceptors (Lipinski definition) is 4. The molecule has 174 valence electrons. The number of aromatic nitrogens is 2. The maximum Gasteiger partial charge on any atom is 0.340 e. The number of aryl methyl sites for hydroxylation is 3. The molecule has 0 spiro atoms. The number of allylic oxidation sites excluding steroid dienone is 1. The van der Waals surface area contributed by atoms with Crippen LogP contribution in [0.2, 0.25) is 0 Å². The fourth-order valence-electron chi connectivity index (χ4n) is 4.66. The highest BCUT2D eigenvalue weighted by Gasteiger charge is 2.37. The molecule has 34 heavy (non-hydrogen) atoms. The number of hydrogen-bond donors (Lipinski definition) is 0. The lowest BCUT2D eigenvalue weighted by Crippen LogP contribution is -2.24. The summed E-state index contributed by atoms with van der Waals surface area (Å²) in [5, 5.41) is 0. The second-order valence-corrected chi connectivity index (χ2v) is 8.77. The molecule has 0 unspecified atom stereocenters. The lowest BCUT2D eigenvalue weighted by Gasteiger charge is -2.17. The van der Waals surface area contributed by atoms with Crippen molar-refractivity contribution in [2.75, 3.05) is 7.11 Å². The third-order valence-electron chi connectivity index (χ3n) is 6.20. The molecule has 1 aliphatic rings. The van der Waals surface area contributed by atoms with Gasteiger partial charge in [0, 0.05) is 35.2 Å². The van der Waals surface area contributed by atoms with Crippen molar-refractivity contribution in [2.24, 2.45) is 0 Å². The summed E-state index contributed by atoms with van der Waals surface area (Å²) in [4.78, 5) is 31.9. The van der Waals surface area contributed by atoms with Gasteiger partial charge >= 0.3 is 5.97 Å². The summed E-state index contributed by atoms with van der Waals surface area (Å²) < 4.78 is 7.21. The molecule has 0 N–H and O–H groups in total. The number of rotatable bonds is 5. The number of carbonyl (C=O) groups excluding carboxylic acids is 2. The first-order valence-electron chi connectivity index (χ1n) is 11.2. The van der Waals surface area contributed by atoms with Gasteiger partial charge in [-0.3, -0.25) is 9.78 Å². The van der Waals surface area contributed by atoms with E-state index in [-0.39, 0.29) is 5.91 Å². The molecule has 1 aliphatic heterocycles. The fraction of sp³-hybridized carbons (Fsp3) is 0.250. The summed E-state index contributed by atoms with van der Waals surface area (Å²) in [6, 6.07) is 12.2. The minimum absolute atomic E-state index is 0.224. The van der Waals surface area contributed by atoms with E-state index in [0.717, 1.165) is 28.2 Å². The quantitative estimate of drug-likeness (QED) is 0.402. The topological polar surface area (TPSA) is 64.4 Å². The average Bonchev–Trinajstić information content (AvgIpc) is 3.20. The second kappa shape index (κ2) is 9.14. The molecule has 1 amide bonds. The predicted octanol–water partition coefficient (Wildman–Crippen LogP) is 4.98. The van der Waals surface area contributed by atoms with Crippen molar-refractivity contribution < 1.29 is 14.3 Å². The number of amides is 1. The number of benzene rings is 1. The molecule has 0 fully saturated rings. The van der Waals surface area contributed by atoms with Crippen molar-refractivity contribution in [3.8, 4) is 5.69 Å². The van der Waals surface area contributed by atoms with Crippen LogP contribution in [0.1, 0.15) is 40.6 Å². The van der Waals surface area contributed by atoms with Gasteiger partial charge in [-0.25, -0.2) is 4.79 Å². The van der Waals surface area contributed by atoms with Gasteiger partial charge in [-0.2, -0.15) is 0 Å². The summed E-state index contributed by atoms with van der Waals surface area (Å²) in [7, 11) is 1.33. The summed E-state index contributed by atoms with van der Waals surface area (Å²) in [6.07, 6.45) is 5.22. The molecular formula is C28H29N3O3. The van der Waals surface area contributed by atoms with E-state index >= 15 is 0 Å². The van der Waals surface area contributed by atoms with Crippen molar-refractivity contribution >= 4 is 18.0 Å². The summed E-state index contributed by atoms with van der Waals surface area (Å²) in [5.41, 5.74) is 8.48. The van der Waals surface area contributed by atoms with Crippen molar-refractivity contribution in [3.05, 3.63) is 99.3 Å². The monoisotopic (exact) mass is 455 g/mol. The number of esters is 1. The van der Waals surface area contributed by atoms with Gasteiger partial charge in [0.15, 0.2) is 0 Å². The van der Waals surface area contributed by atoms with Gasteiger partial charge in [0.2, 0.25) is 0 Å². The minimum Gasteiger partial charge on any atom is -0.465 e. The van der Waals surface area contributed by atoms with Gasteiger partial charge in [-0.05, 0) is 87.2 Å². The Morgan fingerprint density at radius 1 is 1.06 bits per heavy atom. The summed E-state index contributed by atoms with van der Waals surface area (Å²) in [6.45, 7) is 10.3. The molecule has 3 heterocycles. The first kappa shape index (κ1) is 23.2. The summed E-state index contributed by atoms with van der Waals surface area (Å²) in [5.74, 6) is -0.744. The molecule has 0 aliphatic carbocycles. The molecule has 4 rings (SSSR count). The highest BCUT2D eigenvalue weighted by molar-refractivity contribution is 6.16. The average molecular weight is 456 g/mol. The molecule has 1 aromatic carbocycles. The molecule has 0 bridgehead atoms. The van der Waals surface area contributed by atoms with Crippen LogP contribution in [0.25, 0.3) is 11.8 Å². The maximum absolute atomic E-state index is 13.5. The number of ether oxygens (including phenoxy) is 1. The third-order valence-corrected chi connectivity index (χ3v) is 6.20. The lowest BCUT2D eigenvalue weighted by molar-refractivity contribution is -0.136. The maximum atomic E-state index is 13.5. The molecule has 3 aromatic rings. The number of pyridine rings is 1. The molecule has 0 radical (unpaired) electrons. The minimum atomic E-state index is -0.520. The molecule has 6 heteroatoms. The first-order valence-corrected chi connectivity index (χ1v) is 11.2. The molecular weight excluding hydrogens is 426 g/mol. The van der Waals surface area contributed by atoms with Crippen LogP contribution >= 0.6 is 0 Å². The van der Waals surface area contributed by atoms with E-state index in [1.54, 1.807) is 24.2 Å². The number of nitrogens with zero attached hydrogens (tertiary/aromatic N) is 3. The number of carbonyl (C=O) groups is 2. The zero-order chi connectivity index (χ0) is 24.6. The molecule has 0 saturated carbocycles. The van der Waals surface area contributed by atoms with E-state index in [0.29, 0.717) is 23.4 Å². The highest BCUT2D eigenvalue weighted by atomic mass is 16.5. The molecule has 2 aromatic heterocycles. The summed E-state index contributed by atoms with van der Waals surface area (Å²) >= 11 is 0. The predicted molar refractivity (Wildman–Crippen MR) is 132 cm³/mol. The van der Waals surface area contributed by atoms with E-state index < -0.39 is 5.97 Å². The molecule has 6 nitrogen and oxygen atoms in total. The van der Waals surface area contributed by atoms with E-state index in [2.05, 4.69) is 41.6 Å². The standard InChI is InChI=1S/C28H29N3O3/c1-17-10-18(2)12-24(11-17)31-19(3)13-23(20(31)4)14-25-26(28(33)34-6)21(5)30(27(25)32)16-22-8-7-9-29-15-22/h7-15H,16H2,1-6H3/b25-14-. The smallest absolute Gasteiger partial charge is 0.340 e. The van der Waals surface area contributed by atoms with Gasteiger partial charge in [-0.1, -0.05) is 12.1 Å². The number of methoxy groups -OCH3 is 1. The lowest BCUT2D eigenvalue weighted by atomic mass is 10.0. The second-order valence-electron chi connectivity index (χ2n) is 8.77. The molecule has 0 atom stereocenters. The van der Waals surface area contributed by atoms with E-state index in [1.165, 1.54) is 18.2 Å². The third kappa shape index (κ3) is 4.19. The van der Waals surface area contributed by atoms with Crippen molar-refractivity contribution in [1.29, 1.82) is 0 Å². The largest absolute Gasteiger partial charge is 0.465 e. The van der Waals surface area contributed by atoms with Gasteiger partial charge < -0.3 is 14.2 Å². The fourth-order valence-corrected chi connectivity index (χ4v) is 4.66. The van der Waals surface area contributed by atoms with E-state index in [9.17, 15) is 9.59 Å². The Labute approximate surface area is 200 Å². The Morgan fingerprint density at radius 2 is 1.76 bits per heavy atom. The van der Waals surface area contributed by atoms with Gasteiger partial charge in [0.25, 0.3) is 5.91 Å². The normalized spacial score (nSPS) is 14.9. The van der Waals surface area contributed by atoms with Gasteiger partial charge in [-0.15, -0.1) is 0 Å². The van der Waals surface area contributed by atoms with Crippen LogP contribution in [0.15, 0.2) is 65.6 Å². The Morgan fingerprint density at radius 3 is 2.38 bits per heavy atom. The van der Waals surface area contributed by atoms with Crippen LogP contribution in [-0.2, 0) is 20.9 Å². The van der Waals surface area contributed by atoms with E-state index in [4.69, 9.17) is 4.74 Å². The van der Waals surface area contributed by atoms with Crippen molar-refractivity contribution in [1.82, 2.24) is 14.5 Å². The van der Waals surface area contributed by atoms with Crippen LogP contribution in [0.4, 0.5) is 0 Å². The molecule has 0 saturated heterocycles. The first-order chi connectivity index (χ1) is 16.2. The van der Waals surface area contributed by atoms with Crippen LogP contribution in [-0.4, -0.2) is 33.4 Å². The zero-order valence-corrected chi connectivity index (χ0v) is 20.5.